The molecule has 0 radical (unpaired) electrons. The number of hydrogen-bond donors (Lipinski definition) is 0. The molecule has 0 aliphatic rings. The number of anilines is 3. The molecule has 3 heteroatoms. The number of benzene rings is 10. The third kappa shape index (κ3) is 5.66. The van der Waals surface area contributed by atoms with Gasteiger partial charge < -0.3 is 13.9 Å². The summed E-state index contributed by atoms with van der Waals surface area (Å²) in [6.45, 7) is 0. The first-order chi connectivity index (χ1) is 30.3. The van der Waals surface area contributed by atoms with E-state index in [0.29, 0.717) is 0 Å². The Hall–Kier alpha value is -8.14. The van der Waals surface area contributed by atoms with E-state index in [-0.39, 0.29) is 0 Å². The maximum atomic E-state index is 6.51. The Labute approximate surface area is 353 Å². The topological polar surface area (TPSA) is 21.3 Å². The normalized spacial score (nSPS) is 11.6. The van der Waals surface area contributed by atoms with Gasteiger partial charge in [-0.25, -0.2) is 0 Å². The molecule has 10 aromatic carbocycles. The Balaban J connectivity index is 1.12. The SMILES string of the molecule is c1ccc(-c2cccc3cccc(-c4ccccc4N(c4ccc(-c5cccc6c5oc5ccccc56)cc4)c4cccc5c4c4ccccc4n5-c4ccccc4)c23)cc1. The summed E-state index contributed by atoms with van der Waals surface area (Å²) in [7, 11) is 0. The Morgan fingerprint density at radius 3 is 1.75 bits per heavy atom. The van der Waals surface area contributed by atoms with Gasteiger partial charge in [0.05, 0.1) is 22.4 Å². The predicted molar refractivity (Wildman–Crippen MR) is 257 cm³/mol. The second-order valence-corrected chi connectivity index (χ2v) is 15.6. The number of aromatic nitrogens is 1. The summed E-state index contributed by atoms with van der Waals surface area (Å²) in [6, 6.07) is 83.0. The second-order valence-electron chi connectivity index (χ2n) is 15.6. The summed E-state index contributed by atoms with van der Waals surface area (Å²) in [6.07, 6.45) is 0. The lowest BCUT2D eigenvalue weighted by atomic mass is 9.90. The van der Waals surface area contributed by atoms with Gasteiger partial charge in [-0.05, 0) is 87.6 Å². The fraction of sp³-hybridized carbons (Fsp3) is 0. The lowest BCUT2D eigenvalue weighted by Crippen LogP contribution is -2.12. The molecule has 0 amide bonds. The van der Waals surface area contributed by atoms with Gasteiger partial charge in [-0.1, -0.05) is 176 Å². The van der Waals surface area contributed by atoms with Crippen LogP contribution >= 0.6 is 0 Å². The summed E-state index contributed by atoms with van der Waals surface area (Å²) in [4.78, 5) is 2.47. The Kier molecular flexibility index (Phi) is 8.17. The van der Waals surface area contributed by atoms with Crippen molar-refractivity contribution in [2.45, 2.75) is 0 Å². The van der Waals surface area contributed by atoms with Gasteiger partial charge in [0.2, 0.25) is 0 Å². The summed E-state index contributed by atoms with van der Waals surface area (Å²) >= 11 is 0. The zero-order chi connectivity index (χ0) is 40.3. The minimum atomic E-state index is 0.899. The van der Waals surface area contributed by atoms with Crippen molar-refractivity contribution in [1.29, 1.82) is 0 Å². The van der Waals surface area contributed by atoms with E-state index in [0.717, 1.165) is 66.9 Å². The van der Waals surface area contributed by atoms with E-state index < -0.39 is 0 Å². The molecule has 61 heavy (non-hydrogen) atoms. The van der Waals surface area contributed by atoms with E-state index in [2.05, 4.69) is 228 Å². The molecule has 0 bridgehead atoms. The highest BCUT2D eigenvalue weighted by Gasteiger charge is 2.24. The molecule has 0 aliphatic heterocycles. The number of para-hydroxylation sites is 5. The van der Waals surface area contributed by atoms with Gasteiger partial charge in [0, 0.05) is 44.0 Å². The van der Waals surface area contributed by atoms with Crippen molar-refractivity contribution in [3.8, 4) is 39.1 Å². The average molecular weight is 779 g/mol. The smallest absolute Gasteiger partial charge is 0.143 e. The molecular formula is C58H38N2O. The monoisotopic (exact) mass is 778 g/mol. The predicted octanol–water partition coefficient (Wildman–Crippen LogP) is 16.3. The highest BCUT2D eigenvalue weighted by Crippen LogP contribution is 2.48. The van der Waals surface area contributed by atoms with Crippen LogP contribution in [-0.4, -0.2) is 4.57 Å². The Morgan fingerprint density at radius 2 is 0.918 bits per heavy atom. The lowest BCUT2D eigenvalue weighted by molar-refractivity contribution is 0.670. The van der Waals surface area contributed by atoms with Crippen LogP contribution in [0.5, 0.6) is 0 Å². The number of fused-ring (bicyclic) bond motifs is 7. The summed E-state index contributed by atoms with van der Waals surface area (Å²) in [5.41, 5.74) is 15.4. The molecule has 0 saturated carbocycles. The molecule has 0 atom stereocenters. The molecule has 0 N–H and O–H groups in total. The standard InChI is InChI=1S/C58H38N2O/c1-3-17-39(18-4-1)44-26-13-19-41-20-14-28-48(56(41)44)46-23-7-10-30-51(46)60(43-37-35-40(36-38-43)45-27-15-29-49-47-24-9-12-34-55(47)61-58(45)49)54-33-16-32-53-57(54)50-25-8-11-31-52(50)59(53)42-21-5-2-6-22-42/h1-38H. The number of rotatable bonds is 7. The first-order valence-electron chi connectivity index (χ1n) is 20.9. The maximum absolute atomic E-state index is 6.51. The van der Waals surface area contributed by atoms with E-state index in [4.69, 9.17) is 4.42 Å². The zero-order valence-corrected chi connectivity index (χ0v) is 33.2. The van der Waals surface area contributed by atoms with E-state index in [1.54, 1.807) is 0 Å². The van der Waals surface area contributed by atoms with Gasteiger partial charge in [0.15, 0.2) is 0 Å². The van der Waals surface area contributed by atoms with Crippen LogP contribution in [0.25, 0.3) is 93.6 Å². The van der Waals surface area contributed by atoms with Gasteiger partial charge in [-0.3, -0.25) is 0 Å². The molecule has 0 spiro atoms. The van der Waals surface area contributed by atoms with E-state index >= 15 is 0 Å². The van der Waals surface area contributed by atoms with Crippen molar-refractivity contribution in [2.24, 2.45) is 0 Å². The third-order valence-electron chi connectivity index (χ3n) is 12.2. The average Bonchev–Trinajstić information content (AvgIpc) is 3.89. The molecule has 0 saturated heterocycles. The molecule has 0 fully saturated rings. The fourth-order valence-corrected chi connectivity index (χ4v) is 9.53. The quantitative estimate of drug-likeness (QED) is 0.161. The van der Waals surface area contributed by atoms with Crippen LogP contribution in [-0.2, 0) is 0 Å². The molecule has 12 aromatic rings. The van der Waals surface area contributed by atoms with Gasteiger partial charge in [-0.2, -0.15) is 0 Å². The van der Waals surface area contributed by atoms with Crippen LogP contribution in [0.3, 0.4) is 0 Å². The van der Waals surface area contributed by atoms with Crippen LogP contribution in [0, 0.1) is 0 Å². The van der Waals surface area contributed by atoms with Crippen LogP contribution in [0.2, 0.25) is 0 Å². The molecule has 2 heterocycles. The Bertz CT molecular complexity index is 3580. The molecular weight excluding hydrogens is 741 g/mol. The van der Waals surface area contributed by atoms with Crippen LogP contribution in [0.1, 0.15) is 0 Å². The number of furan rings is 1. The fourth-order valence-electron chi connectivity index (χ4n) is 9.53. The summed E-state index contributed by atoms with van der Waals surface area (Å²) in [5, 5.41) is 7.08. The first-order valence-corrected chi connectivity index (χ1v) is 20.9. The molecule has 0 aliphatic carbocycles. The van der Waals surface area contributed by atoms with Crippen LogP contribution < -0.4 is 4.90 Å². The van der Waals surface area contributed by atoms with Gasteiger partial charge >= 0.3 is 0 Å². The molecule has 286 valence electrons. The minimum Gasteiger partial charge on any atom is -0.455 e. The molecule has 0 unspecified atom stereocenters. The van der Waals surface area contributed by atoms with Gasteiger partial charge in [0.25, 0.3) is 0 Å². The van der Waals surface area contributed by atoms with Crippen LogP contribution in [0.4, 0.5) is 17.1 Å². The van der Waals surface area contributed by atoms with Gasteiger partial charge in [-0.15, -0.1) is 0 Å². The van der Waals surface area contributed by atoms with Crippen molar-refractivity contribution in [2.75, 3.05) is 4.90 Å². The van der Waals surface area contributed by atoms with E-state index in [9.17, 15) is 0 Å². The van der Waals surface area contributed by atoms with Gasteiger partial charge in [0.1, 0.15) is 11.2 Å². The highest BCUT2D eigenvalue weighted by molar-refractivity contribution is 6.18. The maximum Gasteiger partial charge on any atom is 0.143 e. The lowest BCUT2D eigenvalue weighted by Gasteiger charge is -2.29. The van der Waals surface area contributed by atoms with E-state index in [1.165, 1.54) is 43.8 Å². The van der Waals surface area contributed by atoms with Crippen molar-refractivity contribution in [3.05, 3.63) is 231 Å². The number of nitrogens with zero attached hydrogens (tertiary/aromatic N) is 2. The third-order valence-corrected chi connectivity index (χ3v) is 12.2. The zero-order valence-electron chi connectivity index (χ0n) is 33.2. The molecule has 12 rings (SSSR count). The summed E-state index contributed by atoms with van der Waals surface area (Å²) in [5.74, 6) is 0. The van der Waals surface area contributed by atoms with Crippen molar-refractivity contribution in [1.82, 2.24) is 4.57 Å². The minimum absolute atomic E-state index is 0.899. The first kappa shape index (κ1) is 34.9. The Morgan fingerprint density at radius 1 is 0.344 bits per heavy atom. The highest BCUT2D eigenvalue weighted by atomic mass is 16.3. The van der Waals surface area contributed by atoms with Crippen molar-refractivity contribution in [3.63, 3.8) is 0 Å². The van der Waals surface area contributed by atoms with Crippen LogP contribution in [0.15, 0.2) is 235 Å². The van der Waals surface area contributed by atoms with Crippen molar-refractivity contribution < 1.29 is 4.42 Å². The van der Waals surface area contributed by atoms with E-state index in [1.807, 2.05) is 12.1 Å². The summed E-state index contributed by atoms with van der Waals surface area (Å²) < 4.78 is 8.91. The molecule has 2 aromatic heterocycles. The van der Waals surface area contributed by atoms with Crippen molar-refractivity contribution >= 4 is 71.6 Å². The second kappa shape index (κ2) is 14.3. The number of hydrogen-bond acceptors (Lipinski definition) is 2. The molecule has 3 nitrogen and oxygen atoms in total. The largest absolute Gasteiger partial charge is 0.455 e.